The van der Waals surface area contributed by atoms with Crippen molar-refractivity contribution in [2.75, 3.05) is 6.54 Å². The molecule has 14 heavy (non-hydrogen) atoms. The van der Waals surface area contributed by atoms with Gasteiger partial charge in [-0.3, -0.25) is 4.68 Å². The maximum Gasteiger partial charge on any atom is 0.0693 e. The maximum atomic E-state index is 9.55. The molecule has 78 valence electrons. The van der Waals surface area contributed by atoms with Crippen LogP contribution in [-0.2, 0) is 6.54 Å². The Kier molecular flexibility index (Phi) is 3.10. The summed E-state index contributed by atoms with van der Waals surface area (Å²) in [6.45, 7) is 1.65. The fourth-order valence-electron chi connectivity index (χ4n) is 1.90. The standard InChI is InChI=1S/C9H16N4O/c14-9-3-1-2-8(9)10-4-6-13-7-5-11-12-13/h5,7-10,14H,1-4,6H2/t8-,9-/m0/s1. The van der Waals surface area contributed by atoms with Gasteiger partial charge in [-0.15, -0.1) is 5.10 Å². The van der Waals surface area contributed by atoms with Gasteiger partial charge in [-0.2, -0.15) is 0 Å². The van der Waals surface area contributed by atoms with E-state index in [0.29, 0.717) is 0 Å². The third kappa shape index (κ3) is 2.30. The van der Waals surface area contributed by atoms with E-state index in [1.807, 2.05) is 6.20 Å². The van der Waals surface area contributed by atoms with Gasteiger partial charge in [0.2, 0.25) is 0 Å². The third-order valence-corrected chi connectivity index (χ3v) is 2.70. The molecule has 0 spiro atoms. The molecular weight excluding hydrogens is 180 g/mol. The van der Waals surface area contributed by atoms with Gasteiger partial charge in [0.15, 0.2) is 0 Å². The maximum absolute atomic E-state index is 9.55. The number of aliphatic hydroxyl groups is 1. The molecule has 0 saturated heterocycles. The Labute approximate surface area is 83.1 Å². The average Bonchev–Trinajstić information content (AvgIpc) is 2.78. The van der Waals surface area contributed by atoms with Crippen LogP contribution in [0.3, 0.4) is 0 Å². The topological polar surface area (TPSA) is 63.0 Å². The van der Waals surface area contributed by atoms with E-state index in [4.69, 9.17) is 0 Å². The minimum atomic E-state index is -0.161. The van der Waals surface area contributed by atoms with E-state index in [0.717, 1.165) is 32.4 Å². The van der Waals surface area contributed by atoms with Gasteiger partial charge in [0.1, 0.15) is 0 Å². The Hall–Kier alpha value is -0.940. The van der Waals surface area contributed by atoms with Gasteiger partial charge >= 0.3 is 0 Å². The van der Waals surface area contributed by atoms with Crippen LogP contribution in [0.5, 0.6) is 0 Å². The lowest BCUT2D eigenvalue weighted by atomic mass is 10.2. The lowest BCUT2D eigenvalue weighted by molar-refractivity contribution is 0.148. The molecule has 1 heterocycles. The highest BCUT2D eigenvalue weighted by Crippen LogP contribution is 2.18. The van der Waals surface area contributed by atoms with Crippen molar-refractivity contribution in [3.63, 3.8) is 0 Å². The third-order valence-electron chi connectivity index (χ3n) is 2.70. The molecule has 5 nitrogen and oxygen atoms in total. The van der Waals surface area contributed by atoms with Crippen LogP contribution in [0.15, 0.2) is 12.4 Å². The summed E-state index contributed by atoms with van der Waals surface area (Å²) in [5.74, 6) is 0. The van der Waals surface area contributed by atoms with Crippen molar-refractivity contribution in [1.82, 2.24) is 20.3 Å². The van der Waals surface area contributed by atoms with Crippen LogP contribution in [0.25, 0.3) is 0 Å². The monoisotopic (exact) mass is 196 g/mol. The van der Waals surface area contributed by atoms with E-state index < -0.39 is 0 Å². The molecule has 0 bridgehead atoms. The van der Waals surface area contributed by atoms with Crippen LogP contribution in [-0.4, -0.2) is 38.8 Å². The summed E-state index contributed by atoms with van der Waals surface area (Å²) >= 11 is 0. The van der Waals surface area contributed by atoms with Crippen LogP contribution in [0.1, 0.15) is 19.3 Å². The van der Waals surface area contributed by atoms with Crippen molar-refractivity contribution >= 4 is 0 Å². The predicted octanol–water partition coefficient (Wildman–Crippen LogP) is -0.219. The first kappa shape index (κ1) is 9.61. The summed E-state index contributed by atoms with van der Waals surface area (Å²) in [5.41, 5.74) is 0. The zero-order valence-electron chi connectivity index (χ0n) is 8.13. The fraction of sp³-hybridized carbons (Fsp3) is 0.778. The van der Waals surface area contributed by atoms with E-state index in [-0.39, 0.29) is 12.1 Å². The predicted molar refractivity (Wildman–Crippen MR) is 51.7 cm³/mol. The molecule has 0 aliphatic heterocycles. The summed E-state index contributed by atoms with van der Waals surface area (Å²) in [4.78, 5) is 0. The molecule has 2 rings (SSSR count). The molecule has 0 aromatic carbocycles. The van der Waals surface area contributed by atoms with Gasteiger partial charge in [-0.1, -0.05) is 5.21 Å². The zero-order valence-corrected chi connectivity index (χ0v) is 8.13. The van der Waals surface area contributed by atoms with Gasteiger partial charge in [0, 0.05) is 18.8 Å². The van der Waals surface area contributed by atoms with Crippen LogP contribution in [0.2, 0.25) is 0 Å². The molecule has 2 N–H and O–H groups in total. The van der Waals surface area contributed by atoms with Crippen molar-refractivity contribution < 1.29 is 5.11 Å². The summed E-state index contributed by atoms with van der Waals surface area (Å²) in [7, 11) is 0. The molecule has 1 saturated carbocycles. The molecule has 2 atom stereocenters. The number of rotatable bonds is 4. The fourth-order valence-corrected chi connectivity index (χ4v) is 1.90. The molecule has 1 aromatic heterocycles. The molecule has 1 aromatic rings. The van der Waals surface area contributed by atoms with E-state index in [1.165, 1.54) is 0 Å². The van der Waals surface area contributed by atoms with Crippen molar-refractivity contribution in [1.29, 1.82) is 0 Å². The van der Waals surface area contributed by atoms with Gasteiger partial charge < -0.3 is 10.4 Å². The Morgan fingerprint density at radius 2 is 2.43 bits per heavy atom. The second-order valence-electron chi connectivity index (χ2n) is 3.72. The Morgan fingerprint density at radius 1 is 1.50 bits per heavy atom. The quantitative estimate of drug-likeness (QED) is 0.699. The molecule has 1 aliphatic carbocycles. The summed E-state index contributed by atoms with van der Waals surface area (Å²) < 4.78 is 1.79. The lowest BCUT2D eigenvalue weighted by Crippen LogP contribution is -2.37. The normalized spacial score (nSPS) is 26.9. The number of aromatic nitrogens is 3. The number of nitrogens with one attached hydrogen (secondary N) is 1. The lowest BCUT2D eigenvalue weighted by Gasteiger charge is -2.15. The summed E-state index contributed by atoms with van der Waals surface area (Å²) in [6.07, 6.45) is 6.49. The minimum absolute atomic E-state index is 0.161. The highest BCUT2D eigenvalue weighted by molar-refractivity contribution is 4.82. The van der Waals surface area contributed by atoms with Crippen LogP contribution in [0, 0.1) is 0 Å². The first-order valence-corrected chi connectivity index (χ1v) is 5.12. The number of hydrogen-bond donors (Lipinski definition) is 2. The SMILES string of the molecule is O[C@H]1CCC[C@@H]1NCCn1ccnn1. The second-order valence-corrected chi connectivity index (χ2v) is 3.72. The van der Waals surface area contributed by atoms with Crippen molar-refractivity contribution in [2.45, 2.75) is 38.0 Å². The molecule has 5 heteroatoms. The first-order chi connectivity index (χ1) is 6.86. The van der Waals surface area contributed by atoms with Gasteiger partial charge in [-0.25, -0.2) is 0 Å². The summed E-state index contributed by atoms with van der Waals surface area (Å²) in [5, 5.41) is 20.5. The van der Waals surface area contributed by atoms with Crippen LogP contribution < -0.4 is 5.32 Å². The van der Waals surface area contributed by atoms with E-state index in [9.17, 15) is 5.11 Å². The van der Waals surface area contributed by atoms with Crippen molar-refractivity contribution in [2.24, 2.45) is 0 Å². The van der Waals surface area contributed by atoms with E-state index in [2.05, 4.69) is 15.6 Å². The largest absolute Gasteiger partial charge is 0.392 e. The molecule has 0 unspecified atom stereocenters. The van der Waals surface area contributed by atoms with Gasteiger partial charge in [-0.05, 0) is 19.3 Å². The number of nitrogens with zero attached hydrogens (tertiary/aromatic N) is 3. The van der Waals surface area contributed by atoms with E-state index >= 15 is 0 Å². The average molecular weight is 196 g/mol. The molecule has 1 fully saturated rings. The highest BCUT2D eigenvalue weighted by Gasteiger charge is 2.23. The van der Waals surface area contributed by atoms with Crippen LogP contribution in [0.4, 0.5) is 0 Å². The van der Waals surface area contributed by atoms with Gasteiger partial charge in [0.05, 0.1) is 18.8 Å². The number of aliphatic hydroxyl groups excluding tert-OH is 1. The molecule has 0 radical (unpaired) electrons. The Bertz CT molecular complexity index is 262. The molecule has 0 amide bonds. The van der Waals surface area contributed by atoms with Crippen molar-refractivity contribution in [3.05, 3.63) is 12.4 Å². The van der Waals surface area contributed by atoms with Crippen molar-refractivity contribution in [3.8, 4) is 0 Å². The minimum Gasteiger partial charge on any atom is -0.392 e. The summed E-state index contributed by atoms with van der Waals surface area (Å²) in [6, 6.07) is 0.276. The molecular formula is C9H16N4O. The zero-order chi connectivity index (χ0) is 9.80. The Morgan fingerprint density at radius 3 is 3.07 bits per heavy atom. The van der Waals surface area contributed by atoms with E-state index in [1.54, 1.807) is 10.9 Å². The van der Waals surface area contributed by atoms with Crippen LogP contribution >= 0.6 is 0 Å². The first-order valence-electron chi connectivity index (χ1n) is 5.12. The Balaban J connectivity index is 1.68. The smallest absolute Gasteiger partial charge is 0.0693 e. The molecule has 1 aliphatic rings. The number of hydrogen-bond acceptors (Lipinski definition) is 4. The second kappa shape index (κ2) is 4.52. The highest BCUT2D eigenvalue weighted by atomic mass is 16.3. The van der Waals surface area contributed by atoms with Gasteiger partial charge in [0.25, 0.3) is 0 Å².